The van der Waals surface area contributed by atoms with E-state index >= 15 is 0 Å². The first-order valence-electron chi connectivity index (χ1n) is 6.94. The average molecular weight is 298 g/mol. The molecule has 1 N–H and O–H groups in total. The number of benzene rings is 2. The minimum absolute atomic E-state index is 0.0710. The second kappa shape index (κ2) is 5.30. The summed E-state index contributed by atoms with van der Waals surface area (Å²) in [6.07, 6.45) is 1.72. The average Bonchev–Trinajstić information content (AvgIpc) is 2.77. The van der Waals surface area contributed by atoms with Crippen molar-refractivity contribution in [2.75, 3.05) is 7.11 Å². The summed E-state index contributed by atoms with van der Waals surface area (Å²) in [6, 6.07) is 9.67. The Morgan fingerprint density at radius 3 is 2.73 bits per heavy atom. The Morgan fingerprint density at radius 2 is 2.05 bits per heavy atom. The summed E-state index contributed by atoms with van der Waals surface area (Å²) in [7, 11) is 1.57. The van der Waals surface area contributed by atoms with Gasteiger partial charge in [0.15, 0.2) is 5.78 Å². The van der Waals surface area contributed by atoms with E-state index in [1.165, 1.54) is 12.1 Å². The number of aromatic hydroxyl groups is 1. The van der Waals surface area contributed by atoms with Crippen LogP contribution in [-0.2, 0) is 0 Å². The molecular weight excluding hydrogens is 283 g/mol. The molecule has 0 unspecified atom stereocenters. The summed E-state index contributed by atoms with van der Waals surface area (Å²) in [5.41, 5.74) is 1.59. The van der Waals surface area contributed by atoms with Crippen molar-refractivity contribution in [3.8, 4) is 11.5 Å². The van der Waals surface area contributed by atoms with Gasteiger partial charge in [-0.1, -0.05) is 19.1 Å². The van der Waals surface area contributed by atoms with E-state index in [1.54, 1.807) is 26.2 Å². The van der Waals surface area contributed by atoms with Gasteiger partial charge >= 0.3 is 0 Å². The van der Waals surface area contributed by atoms with Gasteiger partial charge in [0.2, 0.25) is 0 Å². The number of phenols is 1. The van der Waals surface area contributed by atoms with Crippen molar-refractivity contribution >= 4 is 11.9 Å². The Kier molecular flexibility index (Phi) is 3.45. The number of ketones is 1. The smallest absolute Gasteiger partial charge is 0.193 e. The number of ether oxygens (including phenoxy) is 1. The lowest BCUT2D eigenvalue weighted by molar-refractivity contribution is 0.103. The highest BCUT2D eigenvalue weighted by Gasteiger charge is 2.36. The Balaban J connectivity index is 2.10. The zero-order chi connectivity index (χ0) is 15.9. The summed E-state index contributed by atoms with van der Waals surface area (Å²) >= 11 is 0. The van der Waals surface area contributed by atoms with Gasteiger partial charge in [-0.3, -0.25) is 4.79 Å². The third-order valence-corrected chi connectivity index (χ3v) is 3.98. The number of allylic oxidation sites excluding steroid dienone is 1. The lowest BCUT2D eigenvalue weighted by atomic mass is 9.97. The van der Waals surface area contributed by atoms with Crippen molar-refractivity contribution in [3.63, 3.8) is 0 Å². The van der Waals surface area contributed by atoms with Gasteiger partial charge in [-0.05, 0) is 35.9 Å². The molecule has 2 aromatic rings. The molecule has 0 radical (unpaired) electrons. The van der Waals surface area contributed by atoms with E-state index in [0.29, 0.717) is 11.3 Å². The Hall–Kier alpha value is -2.62. The van der Waals surface area contributed by atoms with E-state index in [0.717, 1.165) is 5.56 Å². The highest BCUT2D eigenvalue weighted by Crippen LogP contribution is 2.43. The van der Waals surface area contributed by atoms with E-state index in [1.807, 2.05) is 18.2 Å². The summed E-state index contributed by atoms with van der Waals surface area (Å²) in [4.78, 5) is 12.5. The maximum Gasteiger partial charge on any atom is 0.193 e. The van der Waals surface area contributed by atoms with Gasteiger partial charge < -0.3 is 9.84 Å². The van der Waals surface area contributed by atoms with Crippen LogP contribution in [0.25, 0.3) is 6.08 Å². The first-order chi connectivity index (χ1) is 10.5. The Bertz CT molecular complexity index is 793. The molecule has 112 valence electrons. The third kappa shape index (κ3) is 2.17. The largest absolute Gasteiger partial charge is 0.507 e. The minimum atomic E-state index is -0.470. The molecule has 0 saturated carbocycles. The van der Waals surface area contributed by atoms with Gasteiger partial charge in [-0.25, -0.2) is 4.39 Å². The Labute approximate surface area is 127 Å². The van der Waals surface area contributed by atoms with E-state index < -0.39 is 11.7 Å². The van der Waals surface area contributed by atoms with E-state index in [-0.39, 0.29) is 22.7 Å². The molecule has 22 heavy (non-hydrogen) atoms. The van der Waals surface area contributed by atoms with Crippen molar-refractivity contribution in [1.29, 1.82) is 0 Å². The molecule has 1 atom stereocenters. The van der Waals surface area contributed by atoms with E-state index in [2.05, 4.69) is 0 Å². The third-order valence-electron chi connectivity index (χ3n) is 3.98. The van der Waals surface area contributed by atoms with Crippen molar-refractivity contribution in [2.24, 2.45) is 0 Å². The van der Waals surface area contributed by atoms with Crippen LogP contribution in [0.2, 0.25) is 0 Å². The summed E-state index contributed by atoms with van der Waals surface area (Å²) in [5.74, 6) is -0.702. The number of hydrogen-bond acceptors (Lipinski definition) is 3. The minimum Gasteiger partial charge on any atom is -0.507 e. The quantitative estimate of drug-likeness (QED) is 0.855. The molecule has 3 rings (SSSR count). The predicted octanol–water partition coefficient (Wildman–Crippen LogP) is 3.92. The van der Waals surface area contributed by atoms with E-state index in [4.69, 9.17) is 4.74 Å². The molecule has 0 aromatic heterocycles. The number of halogens is 1. The molecule has 0 saturated heterocycles. The van der Waals surface area contributed by atoms with Crippen LogP contribution in [0.3, 0.4) is 0 Å². The second-order valence-electron chi connectivity index (χ2n) is 5.28. The maximum atomic E-state index is 14.0. The molecular formula is C18H15FO3. The number of carbonyl (C=O) groups is 1. The number of hydrogen-bond donors (Lipinski definition) is 1. The predicted molar refractivity (Wildman–Crippen MR) is 81.8 cm³/mol. The molecule has 0 heterocycles. The van der Waals surface area contributed by atoms with Crippen molar-refractivity contribution in [3.05, 3.63) is 64.5 Å². The van der Waals surface area contributed by atoms with Gasteiger partial charge in [0.05, 0.1) is 12.7 Å². The van der Waals surface area contributed by atoms with Crippen LogP contribution >= 0.6 is 0 Å². The van der Waals surface area contributed by atoms with Gasteiger partial charge in [-0.2, -0.15) is 0 Å². The van der Waals surface area contributed by atoms with E-state index in [9.17, 15) is 14.3 Å². The zero-order valence-electron chi connectivity index (χ0n) is 12.3. The second-order valence-corrected chi connectivity index (χ2v) is 5.28. The summed E-state index contributed by atoms with van der Waals surface area (Å²) in [6.45, 7) is 1.76. The highest BCUT2D eigenvalue weighted by atomic mass is 19.1. The molecule has 2 aromatic carbocycles. The van der Waals surface area contributed by atoms with Crippen molar-refractivity contribution in [1.82, 2.24) is 0 Å². The molecule has 1 aliphatic carbocycles. The molecule has 0 aliphatic heterocycles. The zero-order valence-corrected chi connectivity index (χ0v) is 12.3. The van der Waals surface area contributed by atoms with Crippen LogP contribution in [0, 0.1) is 5.82 Å². The molecule has 0 fully saturated rings. The highest BCUT2D eigenvalue weighted by molar-refractivity contribution is 6.18. The van der Waals surface area contributed by atoms with Crippen LogP contribution in [0.4, 0.5) is 4.39 Å². The fourth-order valence-corrected chi connectivity index (χ4v) is 2.84. The van der Waals surface area contributed by atoms with Gasteiger partial charge in [0, 0.05) is 17.1 Å². The lowest BCUT2D eigenvalue weighted by Crippen LogP contribution is -1.97. The molecule has 3 nitrogen and oxygen atoms in total. The topological polar surface area (TPSA) is 46.5 Å². The molecule has 0 amide bonds. The first-order valence-corrected chi connectivity index (χ1v) is 6.94. The van der Waals surface area contributed by atoms with Crippen LogP contribution in [-0.4, -0.2) is 18.0 Å². The maximum absolute atomic E-state index is 14.0. The van der Waals surface area contributed by atoms with Crippen LogP contribution < -0.4 is 4.74 Å². The van der Waals surface area contributed by atoms with Crippen molar-refractivity contribution < 1.29 is 19.0 Å². The number of Topliss-reactive ketones (excluding diaryl/α,β-unsaturated/α-hetero) is 1. The number of methoxy groups -OCH3 is 1. The van der Waals surface area contributed by atoms with Gasteiger partial charge in [0.1, 0.15) is 17.3 Å². The number of rotatable bonds is 2. The van der Waals surface area contributed by atoms with Crippen LogP contribution in [0.1, 0.15) is 34.3 Å². The molecule has 0 bridgehead atoms. The molecule has 1 aliphatic rings. The van der Waals surface area contributed by atoms with Crippen LogP contribution in [0.5, 0.6) is 11.5 Å². The number of carbonyl (C=O) groups excluding carboxylic acids is 1. The standard InChI is InChI=1S/C18H15FO3/c1-10-13(9-11-4-3-5-12(8-11)22-2)18(21)17-15(20)7-6-14(19)16(10)17/h3-10,20H,1-2H3/b13-9-/t10-/m0/s1. The van der Waals surface area contributed by atoms with Gasteiger partial charge in [0.25, 0.3) is 0 Å². The number of phenolic OH excluding ortho intramolecular Hbond substituents is 1. The summed E-state index contributed by atoms with van der Waals surface area (Å²) < 4.78 is 19.2. The molecule has 4 heteroatoms. The van der Waals surface area contributed by atoms with Crippen LogP contribution in [0.15, 0.2) is 42.0 Å². The van der Waals surface area contributed by atoms with Gasteiger partial charge in [-0.15, -0.1) is 0 Å². The normalized spacial score (nSPS) is 18.6. The first kappa shape index (κ1) is 14.3. The monoisotopic (exact) mass is 298 g/mol. The molecule has 0 spiro atoms. The number of fused-ring (bicyclic) bond motifs is 1. The summed E-state index contributed by atoms with van der Waals surface area (Å²) in [5, 5.41) is 9.88. The lowest BCUT2D eigenvalue weighted by Gasteiger charge is -2.07. The SMILES string of the molecule is COc1cccc(/C=C2\C(=O)c3c(O)ccc(F)c3[C@H]2C)c1. The van der Waals surface area contributed by atoms with Crippen molar-refractivity contribution in [2.45, 2.75) is 12.8 Å². The Morgan fingerprint density at radius 1 is 1.27 bits per heavy atom. The fourth-order valence-electron chi connectivity index (χ4n) is 2.84. The fraction of sp³-hybridized carbons (Fsp3) is 0.167.